The van der Waals surface area contributed by atoms with Gasteiger partial charge in [0.25, 0.3) is 0 Å². The molecular formula is C18H20ClNO4S. The second-order valence-corrected chi connectivity index (χ2v) is 8.34. The van der Waals surface area contributed by atoms with Crippen molar-refractivity contribution >= 4 is 38.4 Å². The third-order valence-electron chi connectivity index (χ3n) is 4.51. The fraction of sp³-hybridized carbons (Fsp3) is 0.389. The molecule has 0 bridgehead atoms. The molecule has 2 aromatic rings. The van der Waals surface area contributed by atoms with Gasteiger partial charge in [-0.3, -0.25) is 4.79 Å². The van der Waals surface area contributed by atoms with E-state index in [0.717, 1.165) is 5.39 Å². The van der Waals surface area contributed by atoms with Crippen molar-refractivity contribution in [2.75, 3.05) is 19.7 Å². The zero-order chi connectivity index (χ0) is 18.0. The summed E-state index contributed by atoms with van der Waals surface area (Å²) in [5.74, 6) is -0.477. The number of benzene rings is 2. The predicted molar refractivity (Wildman–Crippen MR) is 97.1 cm³/mol. The first-order chi connectivity index (χ1) is 11.9. The molecule has 1 heterocycles. The number of piperidine rings is 1. The number of nitrogens with zero attached hydrogens (tertiary/aromatic N) is 1. The van der Waals surface area contributed by atoms with Crippen LogP contribution in [0.2, 0.25) is 5.02 Å². The van der Waals surface area contributed by atoms with Crippen LogP contribution < -0.4 is 0 Å². The van der Waals surface area contributed by atoms with Gasteiger partial charge in [0, 0.05) is 23.5 Å². The quantitative estimate of drug-likeness (QED) is 0.761. The number of halogens is 1. The number of hydrogen-bond donors (Lipinski definition) is 0. The third kappa shape index (κ3) is 3.52. The molecule has 0 saturated carbocycles. The Balaban J connectivity index is 1.88. The lowest BCUT2D eigenvalue weighted by molar-refractivity contribution is -0.149. The molecule has 1 aliphatic rings. The van der Waals surface area contributed by atoms with E-state index in [1.807, 2.05) is 12.1 Å². The van der Waals surface area contributed by atoms with Crippen molar-refractivity contribution in [2.45, 2.75) is 24.7 Å². The van der Waals surface area contributed by atoms with Gasteiger partial charge in [0.1, 0.15) is 0 Å². The smallest absolute Gasteiger partial charge is 0.309 e. The van der Waals surface area contributed by atoms with Crippen molar-refractivity contribution in [1.82, 2.24) is 4.31 Å². The van der Waals surface area contributed by atoms with Gasteiger partial charge in [-0.1, -0.05) is 35.9 Å². The minimum atomic E-state index is -3.68. The van der Waals surface area contributed by atoms with Gasteiger partial charge in [-0.15, -0.1) is 0 Å². The topological polar surface area (TPSA) is 63.7 Å². The lowest BCUT2D eigenvalue weighted by Gasteiger charge is -2.30. The summed E-state index contributed by atoms with van der Waals surface area (Å²) in [5, 5.41) is 1.74. The lowest BCUT2D eigenvalue weighted by Crippen LogP contribution is -2.40. The van der Waals surface area contributed by atoms with Gasteiger partial charge in [0.15, 0.2) is 0 Å². The fourth-order valence-corrected chi connectivity index (χ4v) is 5.25. The van der Waals surface area contributed by atoms with Crippen molar-refractivity contribution in [2.24, 2.45) is 5.92 Å². The van der Waals surface area contributed by atoms with Gasteiger partial charge >= 0.3 is 5.97 Å². The summed E-state index contributed by atoms with van der Waals surface area (Å²) in [6.45, 7) is 2.70. The van der Waals surface area contributed by atoms with E-state index in [9.17, 15) is 13.2 Å². The van der Waals surface area contributed by atoms with Gasteiger partial charge in [-0.05, 0) is 37.3 Å². The summed E-state index contributed by atoms with van der Waals surface area (Å²) in [4.78, 5) is 12.0. The van der Waals surface area contributed by atoms with Crippen LogP contribution in [-0.2, 0) is 19.6 Å². The minimum absolute atomic E-state index is 0.213. The van der Waals surface area contributed by atoms with Crippen molar-refractivity contribution < 1.29 is 17.9 Å². The van der Waals surface area contributed by atoms with E-state index in [2.05, 4.69) is 0 Å². The average molecular weight is 382 g/mol. The van der Waals surface area contributed by atoms with Crippen LogP contribution in [0.25, 0.3) is 10.8 Å². The molecule has 7 heteroatoms. The summed E-state index contributed by atoms with van der Waals surface area (Å²) in [6.07, 6.45) is 0.938. The maximum atomic E-state index is 13.1. The van der Waals surface area contributed by atoms with Crippen LogP contribution in [0.5, 0.6) is 0 Å². The van der Waals surface area contributed by atoms with E-state index >= 15 is 0 Å². The zero-order valence-corrected chi connectivity index (χ0v) is 15.5. The summed E-state index contributed by atoms with van der Waals surface area (Å²) in [5.41, 5.74) is 0. The monoisotopic (exact) mass is 381 g/mol. The molecule has 0 aliphatic carbocycles. The Morgan fingerprint density at radius 2 is 1.84 bits per heavy atom. The first-order valence-corrected chi connectivity index (χ1v) is 10.1. The van der Waals surface area contributed by atoms with Gasteiger partial charge in [0.2, 0.25) is 10.0 Å². The molecule has 1 saturated heterocycles. The van der Waals surface area contributed by atoms with E-state index in [1.165, 1.54) is 4.31 Å². The number of carbonyl (C=O) groups is 1. The Kier molecular flexibility index (Phi) is 5.32. The molecule has 0 unspecified atom stereocenters. The number of ether oxygens (including phenoxy) is 1. The number of esters is 1. The molecule has 0 spiro atoms. The number of carbonyl (C=O) groups excluding carboxylic acids is 1. The second-order valence-electron chi connectivity index (χ2n) is 6.02. The Morgan fingerprint density at radius 1 is 1.20 bits per heavy atom. The largest absolute Gasteiger partial charge is 0.466 e. The molecule has 0 aromatic heterocycles. The summed E-state index contributed by atoms with van der Waals surface area (Å²) < 4.78 is 32.7. The Labute approximate surface area is 152 Å². The lowest BCUT2D eigenvalue weighted by atomic mass is 9.98. The normalized spacial score (nSPS) is 16.9. The van der Waals surface area contributed by atoms with Crippen molar-refractivity contribution in [3.05, 3.63) is 41.4 Å². The molecule has 2 aromatic carbocycles. The van der Waals surface area contributed by atoms with Crippen LogP contribution in [0, 0.1) is 5.92 Å². The van der Waals surface area contributed by atoms with E-state index in [0.29, 0.717) is 42.9 Å². The zero-order valence-electron chi connectivity index (χ0n) is 13.9. The first kappa shape index (κ1) is 18.2. The van der Waals surface area contributed by atoms with E-state index < -0.39 is 10.0 Å². The second kappa shape index (κ2) is 7.32. The van der Waals surface area contributed by atoms with Crippen molar-refractivity contribution in [1.29, 1.82) is 0 Å². The van der Waals surface area contributed by atoms with Gasteiger partial charge in [-0.25, -0.2) is 8.42 Å². The highest BCUT2D eigenvalue weighted by Crippen LogP contribution is 2.33. The van der Waals surface area contributed by atoms with E-state index in [-0.39, 0.29) is 16.8 Å². The molecule has 134 valence electrons. The van der Waals surface area contributed by atoms with Crippen LogP contribution in [0.1, 0.15) is 19.8 Å². The number of rotatable bonds is 4. The van der Waals surface area contributed by atoms with Crippen molar-refractivity contribution in [3.63, 3.8) is 0 Å². The number of hydrogen-bond acceptors (Lipinski definition) is 4. The summed E-state index contributed by atoms with van der Waals surface area (Å²) in [7, 11) is -3.68. The van der Waals surface area contributed by atoms with Crippen LogP contribution in [0.3, 0.4) is 0 Å². The molecule has 0 amide bonds. The molecule has 1 fully saturated rings. The highest BCUT2D eigenvalue weighted by molar-refractivity contribution is 7.89. The summed E-state index contributed by atoms with van der Waals surface area (Å²) >= 11 is 6.26. The van der Waals surface area contributed by atoms with Crippen LogP contribution in [0.4, 0.5) is 0 Å². The van der Waals surface area contributed by atoms with Crippen LogP contribution >= 0.6 is 11.6 Å². The average Bonchev–Trinajstić information content (AvgIpc) is 2.62. The van der Waals surface area contributed by atoms with Gasteiger partial charge in [0.05, 0.1) is 17.4 Å². The minimum Gasteiger partial charge on any atom is -0.466 e. The SMILES string of the molecule is CCOC(=O)C1CCN(S(=O)(=O)c2cccc3cccc(Cl)c23)CC1. The molecule has 3 rings (SSSR count). The Morgan fingerprint density at radius 3 is 2.48 bits per heavy atom. The highest BCUT2D eigenvalue weighted by Gasteiger charge is 2.33. The summed E-state index contributed by atoms with van der Waals surface area (Å²) in [6, 6.07) is 10.5. The maximum Gasteiger partial charge on any atom is 0.309 e. The molecule has 25 heavy (non-hydrogen) atoms. The number of sulfonamides is 1. The number of fused-ring (bicyclic) bond motifs is 1. The molecule has 5 nitrogen and oxygen atoms in total. The first-order valence-electron chi connectivity index (χ1n) is 8.29. The standard InChI is InChI=1S/C18H20ClNO4S/c1-2-24-18(21)14-9-11-20(12-10-14)25(22,23)16-8-4-6-13-5-3-7-15(19)17(13)16/h3-8,14H,2,9-12H2,1H3. The highest BCUT2D eigenvalue weighted by atomic mass is 35.5. The van der Waals surface area contributed by atoms with Crippen LogP contribution in [-0.4, -0.2) is 38.4 Å². The third-order valence-corrected chi connectivity index (χ3v) is 6.76. The Hall–Kier alpha value is -1.63. The van der Waals surface area contributed by atoms with Crippen LogP contribution in [0.15, 0.2) is 41.3 Å². The Bertz CT molecular complexity index is 884. The van der Waals surface area contributed by atoms with Gasteiger partial charge in [-0.2, -0.15) is 4.31 Å². The fourth-order valence-electron chi connectivity index (χ4n) is 3.21. The van der Waals surface area contributed by atoms with E-state index in [1.54, 1.807) is 31.2 Å². The van der Waals surface area contributed by atoms with Gasteiger partial charge < -0.3 is 4.74 Å². The molecule has 0 atom stereocenters. The van der Waals surface area contributed by atoms with Crippen molar-refractivity contribution in [3.8, 4) is 0 Å². The molecule has 1 aliphatic heterocycles. The maximum absolute atomic E-state index is 13.1. The predicted octanol–water partition coefficient (Wildman–Crippen LogP) is 3.46. The van der Waals surface area contributed by atoms with E-state index in [4.69, 9.17) is 16.3 Å². The molecule has 0 N–H and O–H groups in total. The molecular weight excluding hydrogens is 362 g/mol. The molecule has 0 radical (unpaired) electrons.